The van der Waals surface area contributed by atoms with Gasteiger partial charge in [0.15, 0.2) is 0 Å². The molecule has 1 aromatic rings. The fraction of sp³-hybridized carbons (Fsp3) is 0.219. The summed E-state index contributed by atoms with van der Waals surface area (Å²) in [5.41, 5.74) is 7.67. The van der Waals surface area contributed by atoms with Crippen molar-refractivity contribution in [2.24, 2.45) is 16.8 Å². The number of hydrogen-bond acceptors (Lipinski definition) is 2. The number of rotatable bonds is 8. The molecule has 2 atom stereocenters. The molecule has 2 nitrogen and oxygen atoms in total. The van der Waals surface area contributed by atoms with E-state index in [1.807, 2.05) is 12.3 Å². The van der Waals surface area contributed by atoms with Gasteiger partial charge in [0.2, 0.25) is 0 Å². The third-order valence-electron chi connectivity index (χ3n) is 6.17. The maximum atomic E-state index is 4.00. The minimum atomic E-state index is 0.419. The van der Waals surface area contributed by atoms with Crippen LogP contribution in [-0.4, -0.2) is 12.8 Å². The van der Waals surface area contributed by atoms with E-state index in [2.05, 4.69) is 123 Å². The zero-order valence-electron chi connectivity index (χ0n) is 20.6. The monoisotopic (exact) mass is 448 g/mol. The number of dihydropyridines is 1. The standard InChI is InChI=1S/C32H36N2/c1-5-9-29(30-19-22-34-23-20-30)12-7-11-28-16-13-25(3)24-32(26(28)4)31-17-14-27(15-18-31)10-8-21-33-6-2/h5-15,17-22,24,26,28,34H,2,16,23H2,1,3-4H3/b9-5-,10-8+,11-7+,29-12+,33-21?. The number of nitrogens with one attached hydrogen (secondary N) is 1. The molecule has 3 rings (SSSR count). The van der Waals surface area contributed by atoms with Crippen LogP contribution in [0.15, 0.2) is 126 Å². The summed E-state index contributed by atoms with van der Waals surface area (Å²) in [7, 11) is 0. The predicted molar refractivity (Wildman–Crippen MR) is 150 cm³/mol. The second-order valence-corrected chi connectivity index (χ2v) is 8.61. The van der Waals surface area contributed by atoms with Crippen molar-refractivity contribution < 1.29 is 0 Å². The highest BCUT2D eigenvalue weighted by Gasteiger charge is 2.21. The molecule has 0 aromatic heterocycles. The topological polar surface area (TPSA) is 24.4 Å². The third kappa shape index (κ3) is 7.18. The molecule has 0 spiro atoms. The lowest BCUT2D eigenvalue weighted by Gasteiger charge is -2.22. The second-order valence-electron chi connectivity index (χ2n) is 8.61. The molecule has 34 heavy (non-hydrogen) atoms. The lowest BCUT2D eigenvalue weighted by atomic mass is 9.82. The molecule has 2 aliphatic rings. The van der Waals surface area contributed by atoms with Gasteiger partial charge in [-0.3, -0.25) is 4.99 Å². The maximum Gasteiger partial charge on any atom is 0.0334 e. The first-order valence-electron chi connectivity index (χ1n) is 12.0. The Morgan fingerprint density at radius 2 is 1.97 bits per heavy atom. The van der Waals surface area contributed by atoms with Crippen molar-refractivity contribution in [3.05, 3.63) is 132 Å². The number of benzene rings is 1. The Kier molecular flexibility index (Phi) is 9.66. The normalized spacial score (nSPS) is 21.6. The maximum absolute atomic E-state index is 4.00. The summed E-state index contributed by atoms with van der Waals surface area (Å²) in [6, 6.07) is 8.79. The van der Waals surface area contributed by atoms with Gasteiger partial charge < -0.3 is 5.32 Å². The smallest absolute Gasteiger partial charge is 0.0334 e. The first-order valence-corrected chi connectivity index (χ1v) is 12.0. The number of allylic oxidation sites excluding steroid dienone is 13. The molecule has 174 valence electrons. The quantitative estimate of drug-likeness (QED) is 0.316. The number of hydrogen-bond donors (Lipinski definition) is 1. The van der Waals surface area contributed by atoms with Gasteiger partial charge in [0.1, 0.15) is 0 Å². The Balaban J connectivity index is 1.79. The molecule has 1 aliphatic heterocycles. The van der Waals surface area contributed by atoms with Crippen LogP contribution in [0.1, 0.15) is 38.3 Å². The van der Waals surface area contributed by atoms with Crippen LogP contribution in [0.4, 0.5) is 0 Å². The van der Waals surface area contributed by atoms with E-state index in [-0.39, 0.29) is 0 Å². The van der Waals surface area contributed by atoms with Gasteiger partial charge in [-0.05, 0) is 78.3 Å². The van der Waals surface area contributed by atoms with E-state index < -0.39 is 0 Å². The van der Waals surface area contributed by atoms with Crippen molar-refractivity contribution in [2.45, 2.75) is 27.2 Å². The minimum absolute atomic E-state index is 0.419. The van der Waals surface area contributed by atoms with Crippen molar-refractivity contribution in [2.75, 3.05) is 6.54 Å². The predicted octanol–water partition coefficient (Wildman–Crippen LogP) is 8.00. The van der Waals surface area contributed by atoms with E-state index in [0.29, 0.717) is 11.8 Å². The van der Waals surface area contributed by atoms with Crippen LogP contribution < -0.4 is 5.32 Å². The van der Waals surface area contributed by atoms with Crippen molar-refractivity contribution in [1.82, 2.24) is 5.32 Å². The van der Waals surface area contributed by atoms with E-state index in [0.717, 1.165) is 18.5 Å². The van der Waals surface area contributed by atoms with E-state index >= 15 is 0 Å². The van der Waals surface area contributed by atoms with E-state index in [4.69, 9.17) is 0 Å². The summed E-state index contributed by atoms with van der Waals surface area (Å²) < 4.78 is 0. The van der Waals surface area contributed by atoms with Crippen LogP contribution in [0, 0.1) is 11.8 Å². The van der Waals surface area contributed by atoms with Gasteiger partial charge in [0.05, 0.1) is 0 Å². The van der Waals surface area contributed by atoms with Gasteiger partial charge >= 0.3 is 0 Å². The fourth-order valence-corrected chi connectivity index (χ4v) is 4.23. The van der Waals surface area contributed by atoms with Gasteiger partial charge in [-0.2, -0.15) is 0 Å². The van der Waals surface area contributed by atoms with Crippen molar-refractivity contribution in [3.8, 4) is 0 Å². The van der Waals surface area contributed by atoms with Crippen molar-refractivity contribution >= 4 is 17.9 Å². The SMILES string of the molecule is C=CN=C/C=C/c1ccc(C2=CC(C)=CCC(/C=C/C=C(\C=C/C)C3=CCNC=C3)C2C)cc1. The van der Waals surface area contributed by atoms with Gasteiger partial charge in [-0.15, -0.1) is 0 Å². The molecule has 2 unspecified atom stereocenters. The Hall–Kier alpha value is -3.65. The van der Waals surface area contributed by atoms with Crippen LogP contribution in [-0.2, 0) is 0 Å². The average molecular weight is 449 g/mol. The van der Waals surface area contributed by atoms with E-state index in [1.54, 1.807) is 6.21 Å². The van der Waals surface area contributed by atoms with Gasteiger partial charge in [0.25, 0.3) is 0 Å². The van der Waals surface area contributed by atoms with Gasteiger partial charge in [-0.1, -0.05) is 98.0 Å². The van der Waals surface area contributed by atoms with E-state index in [9.17, 15) is 0 Å². The molecule has 2 heteroatoms. The molecule has 0 fully saturated rings. The molecule has 1 heterocycles. The third-order valence-corrected chi connectivity index (χ3v) is 6.17. The summed E-state index contributed by atoms with van der Waals surface area (Å²) in [5.74, 6) is 0.863. The zero-order valence-corrected chi connectivity index (χ0v) is 20.6. The second kappa shape index (κ2) is 13.2. The summed E-state index contributed by atoms with van der Waals surface area (Å²) in [6.07, 6.45) is 30.5. The van der Waals surface area contributed by atoms with Gasteiger partial charge in [-0.25, -0.2) is 0 Å². The largest absolute Gasteiger partial charge is 0.387 e. The molecule has 0 saturated carbocycles. The minimum Gasteiger partial charge on any atom is -0.387 e. The molecular formula is C32H36N2. The lowest BCUT2D eigenvalue weighted by molar-refractivity contribution is 0.534. The first kappa shape index (κ1) is 25.0. The van der Waals surface area contributed by atoms with Crippen LogP contribution in [0.3, 0.4) is 0 Å². The molecule has 0 bridgehead atoms. The van der Waals surface area contributed by atoms with Crippen LogP contribution in [0.25, 0.3) is 11.6 Å². The van der Waals surface area contributed by atoms with E-state index in [1.165, 1.54) is 34.1 Å². The summed E-state index contributed by atoms with van der Waals surface area (Å²) >= 11 is 0. The van der Waals surface area contributed by atoms with Crippen LogP contribution in [0.2, 0.25) is 0 Å². The Morgan fingerprint density at radius 3 is 2.68 bits per heavy atom. The molecule has 1 aliphatic carbocycles. The lowest BCUT2D eigenvalue weighted by Crippen LogP contribution is -2.10. The molecule has 1 aromatic carbocycles. The highest BCUT2D eigenvalue weighted by Crippen LogP contribution is 2.36. The molecule has 0 saturated heterocycles. The number of nitrogens with zero attached hydrogens (tertiary/aromatic N) is 1. The highest BCUT2D eigenvalue weighted by atomic mass is 14.8. The summed E-state index contributed by atoms with van der Waals surface area (Å²) in [5, 5.41) is 3.22. The van der Waals surface area contributed by atoms with Gasteiger partial charge in [0, 0.05) is 19.0 Å². The fourth-order valence-electron chi connectivity index (χ4n) is 4.23. The number of aliphatic imine (C=N–C) groups is 1. The summed E-state index contributed by atoms with van der Waals surface area (Å²) in [6.45, 7) is 11.1. The van der Waals surface area contributed by atoms with Crippen molar-refractivity contribution in [3.63, 3.8) is 0 Å². The summed E-state index contributed by atoms with van der Waals surface area (Å²) in [4.78, 5) is 4.00. The Morgan fingerprint density at radius 1 is 1.15 bits per heavy atom. The molecule has 1 N–H and O–H groups in total. The molecule has 0 radical (unpaired) electrons. The Labute approximate surface area is 205 Å². The zero-order chi connectivity index (χ0) is 24.2. The molecular weight excluding hydrogens is 412 g/mol. The first-order chi connectivity index (χ1) is 16.6. The Bertz CT molecular complexity index is 1110. The highest BCUT2D eigenvalue weighted by molar-refractivity contribution is 5.79. The average Bonchev–Trinajstić information content (AvgIpc) is 3.00. The van der Waals surface area contributed by atoms with Crippen LogP contribution >= 0.6 is 0 Å². The van der Waals surface area contributed by atoms with Crippen molar-refractivity contribution in [1.29, 1.82) is 0 Å². The van der Waals surface area contributed by atoms with Crippen LogP contribution in [0.5, 0.6) is 0 Å². The molecule has 0 amide bonds.